The van der Waals surface area contributed by atoms with Crippen LogP contribution < -0.4 is 15.6 Å². The number of rotatable bonds is 5. The van der Waals surface area contributed by atoms with Crippen LogP contribution in [0.3, 0.4) is 0 Å². The highest BCUT2D eigenvalue weighted by atomic mass is 19.1. The molecule has 1 aliphatic heterocycles. The van der Waals surface area contributed by atoms with E-state index in [0.29, 0.717) is 37.2 Å². The fourth-order valence-corrected chi connectivity index (χ4v) is 2.58. The lowest BCUT2D eigenvalue weighted by molar-refractivity contribution is -0.127. The van der Waals surface area contributed by atoms with E-state index in [9.17, 15) is 14.0 Å². The van der Waals surface area contributed by atoms with E-state index in [1.165, 1.54) is 18.2 Å². The average molecular weight is 316 g/mol. The van der Waals surface area contributed by atoms with Crippen LogP contribution >= 0.6 is 0 Å². The first-order chi connectivity index (χ1) is 11.1. The van der Waals surface area contributed by atoms with Crippen molar-refractivity contribution >= 4 is 5.91 Å². The number of carbonyl (C=O) groups is 1. The predicted octanol–water partition coefficient (Wildman–Crippen LogP) is 1.50. The summed E-state index contributed by atoms with van der Waals surface area (Å²) >= 11 is 0. The molecule has 0 bridgehead atoms. The van der Waals surface area contributed by atoms with Crippen LogP contribution in [0.2, 0.25) is 0 Å². The highest BCUT2D eigenvalue weighted by Gasteiger charge is 2.28. The lowest BCUT2D eigenvalue weighted by atomic mass is 10.1. The van der Waals surface area contributed by atoms with E-state index in [-0.39, 0.29) is 17.3 Å². The zero-order chi connectivity index (χ0) is 16.2. The largest absolute Gasteiger partial charge is 0.480 e. The first-order valence-corrected chi connectivity index (χ1v) is 7.52. The summed E-state index contributed by atoms with van der Waals surface area (Å²) in [5, 5.41) is 2.79. The molecule has 2 aromatic rings. The van der Waals surface area contributed by atoms with Gasteiger partial charge in [-0.2, -0.15) is 0 Å². The Bertz CT molecular complexity index is 772. The Balaban J connectivity index is 1.46. The number of nitrogens with one attached hydrogen (secondary N) is 1. The predicted molar refractivity (Wildman–Crippen MR) is 82.8 cm³/mol. The van der Waals surface area contributed by atoms with E-state index in [2.05, 4.69) is 5.32 Å². The summed E-state index contributed by atoms with van der Waals surface area (Å²) in [7, 11) is 0. The van der Waals surface area contributed by atoms with Gasteiger partial charge >= 0.3 is 0 Å². The number of pyridine rings is 1. The van der Waals surface area contributed by atoms with Crippen molar-refractivity contribution in [1.29, 1.82) is 0 Å². The quantitative estimate of drug-likeness (QED) is 0.850. The minimum absolute atomic E-state index is 0.0598. The molecule has 2 heterocycles. The second-order valence-corrected chi connectivity index (χ2v) is 5.44. The van der Waals surface area contributed by atoms with Gasteiger partial charge < -0.3 is 14.6 Å². The molecule has 120 valence electrons. The van der Waals surface area contributed by atoms with Crippen LogP contribution in [0.15, 0.2) is 47.4 Å². The van der Waals surface area contributed by atoms with E-state index in [4.69, 9.17) is 4.74 Å². The molecule has 1 atom stereocenters. The number of nitrogens with zero attached hydrogens (tertiary/aromatic N) is 1. The molecule has 0 spiro atoms. The summed E-state index contributed by atoms with van der Waals surface area (Å²) in [4.78, 5) is 23.6. The van der Waals surface area contributed by atoms with Crippen molar-refractivity contribution < 1.29 is 13.9 Å². The minimum Gasteiger partial charge on any atom is -0.480 e. The highest BCUT2D eigenvalue weighted by molar-refractivity contribution is 5.82. The Labute approximate surface area is 132 Å². The highest BCUT2D eigenvalue weighted by Crippen LogP contribution is 2.29. The molecule has 23 heavy (non-hydrogen) atoms. The van der Waals surface area contributed by atoms with E-state index < -0.39 is 6.10 Å². The number of carbonyl (C=O) groups excluding carboxylic acids is 1. The molecular formula is C17H17FN2O3. The van der Waals surface area contributed by atoms with Crippen molar-refractivity contribution in [3.05, 3.63) is 64.3 Å². The summed E-state index contributed by atoms with van der Waals surface area (Å²) < 4.78 is 20.3. The molecule has 6 heteroatoms. The average Bonchev–Trinajstić information content (AvgIpc) is 2.96. The maximum absolute atomic E-state index is 13.1. The zero-order valence-corrected chi connectivity index (χ0v) is 12.5. The van der Waals surface area contributed by atoms with Gasteiger partial charge in [0.2, 0.25) is 5.56 Å². The fraction of sp³-hybridized carbons (Fsp3) is 0.294. The van der Waals surface area contributed by atoms with Gasteiger partial charge in [0.05, 0.1) is 0 Å². The maximum Gasteiger partial charge on any atom is 0.261 e. The Hall–Kier alpha value is -2.63. The van der Waals surface area contributed by atoms with Gasteiger partial charge in [-0.3, -0.25) is 9.59 Å². The minimum atomic E-state index is -0.619. The third kappa shape index (κ3) is 3.59. The van der Waals surface area contributed by atoms with Gasteiger partial charge in [0.15, 0.2) is 6.10 Å². The summed E-state index contributed by atoms with van der Waals surface area (Å²) in [5.41, 5.74) is 0.649. The Kier molecular flexibility index (Phi) is 4.41. The maximum atomic E-state index is 13.1. The van der Waals surface area contributed by atoms with Crippen molar-refractivity contribution in [3.8, 4) is 5.75 Å². The number of hydrogen-bond acceptors (Lipinski definition) is 3. The van der Waals surface area contributed by atoms with Crippen molar-refractivity contribution in [3.63, 3.8) is 0 Å². The van der Waals surface area contributed by atoms with Gasteiger partial charge in [0, 0.05) is 37.3 Å². The topological polar surface area (TPSA) is 60.3 Å². The number of benzene rings is 1. The van der Waals surface area contributed by atoms with Gasteiger partial charge in [0.1, 0.15) is 11.6 Å². The Morgan fingerprint density at radius 1 is 1.35 bits per heavy atom. The SMILES string of the molecule is O=C(NCCCn1ccccc1=O)[C@H]1Cc2cc(F)ccc2O1. The van der Waals surface area contributed by atoms with E-state index in [0.717, 1.165) is 0 Å². The lowest BCUT2D eigenvalue weighted by Gasteiger charge is -2.11. The first kappa shape index (κ1) is 15.3. The summed E-state index contributed by atoms with van der Waals surface area (Å²) in [5.74, 6) is 0.00566. The summed E-state index contributed by atoms with van der Waals surface area (Å²) in [6.45, 7) is 0.988. The van der Waals surface area contributed by atoms with Gasteiger partial charge in [0.25, 0.3) is 5.91 Å². The summed E-state index contributed by atoms with van der Waals surface area (Å²) in [6, 6.07) is 9.24. The van der Waals surface area contributed by atoms with Crippen LogP contribution in [0.5, 0.6) is 5.75 Å². The molecule has 5 nitrogen and oxygen atoms in total. The van der Waals surface area contributed by atoms with Crippen LogP contribution in [0, 0.1) is 5.82 Å². The lowest BCUT2D eigenvalue weighted by Crippen LogP contribution is -2.38. The molecule has 1 aromatic carbocycles. The molecule has 0 saturated heterocycles. The number of ether oxygens (including phenoxy) is 1. The van der Waals surface area contributed by atoms with Crippen LogP contribution in [0.4, 0.5) is 4.39 Å². The molecule has 1 aliphatic rings. The second kappa shape index (κ2) is 6.64. The van der Waals surface area contributed by atoms with Crippen molar-refractivity contribution in [2.24, 2.45) is 0 Å². The van der Waals surface area contributed by atoms with Gasteiger partial charge in [-0.15, -0.1) is 0 Å². The first-order valence-electron chi connectivity index (χ1n) is 7.52. The molecule has 3 rings (SSSR count). The Morgan fingerprint density at radius 3 is 3.04 bits per heavy atom. The molecule has 0 unspecified atom stereocenters. The van der Waals surface area contributed by atoms with Crippen LogP contribution in [-0.4, -0.2) is 23.1 Å². The molecule has 0 aliphatic carbocycles. The molecule has 1 aromatic heterocycles. The van der Waals surface area contributed by atoms with Crippen LogP contribution in [0.1, 0.15) is 12.0 Å². The third-order valence-corrected chi connectivity index (χ3v) is 3.76. The monoisotopic (exact) mass is 316 g/mol. The van der Waals surface area contributed by atoms with E-state index >= 15 is 0 Å². The second-order valence-electron chi connectivity index (χ2n) is 5.44. The van der Waals surface area contributed by atoms with Gasteiger partial charge in [-0.05, 0) is 30.7 Å². The standard InChI is InChI=1S/C17H17FN2O3/c18-13-5-6-14-12(10-13)11-15(23-14)17(22)19-7-3-9-20-8-2-1-4-16(20)21/h1-2,4-6,8,10,15H,3,7,9,11H2,(H,19,22)/t15-/m1/s1. The fourth-order valence-electron chi connectivity index (χ4n) is 2.58. The van der Waals surface area contributed by atoms with Crippen molar-refractivity contribution in [2.45, 2.75) is 25.5 Å². The normalized spacial score (nSPS) is 15.8. The number of aryl methyl sites for hydroxylation is 1. The molecule has 0 fully saturated rings. The van der Waals surface area contributed by atoms with Gasteiger partial charge in [-0.1, -0.05) is 6.07 Å². The number of fused-ring (bicyclic) bond motifs is 1. The number of aromatic nitrogens is 1. The Morgan fingerprint density at radius 2 is 2.22 bits per heavy atom. The van der Waals surface area contributed by atoms with Crippen LogP contribution in [0.25, 0.3) is 0 Å². The van der Waals surface area contributed by atoms with E-state index in [1.807, 2.05) is 0 Å². The van der Waals surface area contributed by atoms with Gasteiger partial charge in [-0.25, -0.2) is 4.39 Å². The number of halogens is 1. The third-order valence-electron chi connectivity index (χ3n) is 3.76. The van der Waals surface area contributed by atoms with Crippen molar-refractivity contribution in [2.75, 3.05) is 6.54 Å². The number of hydrogen-bond donors (Lipinski definition) is 1. The summed E-state index contributed by atoms with van der Waals surface area (Å²) in [6.07, 6.45) is 2.11. The number of amides is 1. The molecule has 0 saturated carbocycles. The zero-order valence-electron chi connectivity index (χ0n) is 12.5. The van der Waals surface area contributed by atoms with Crippen molar-refractivity contribution in [1.82, 2.24) is 9.88 Å². The molecular weight excluding hydrogens is 299 g/mol. The van der Waals surface area contributed by atoms with Crippen LogP contribution in [-0.2, 0) is 17.8 Å². The molecule has 0 radical (unpaired) electrons. The molecule has 1 amide bonds. The smallest absolute Gasteiger partial charge is 0.261 e. The molecule has 1 N–H and O–H groups in total. The van der Waals surface area contributed by atoms with E-state index in [1.54, 1.807) is 29.0 Å².